The summed E-state index contributed by atoms with van der Waals surface area (Å²) < 4.78 is 0. The SMILES string of the molecule is O=C1CN(CC(=O)Nc2ccccc2Sc2ccc(Cl)cc2)CCN1. The van der Waals surface area contributed by atoms with E-state index in [4.69, 9.17) is 11.6 Å². The fourth-order valence-electron chi connectivity index (χ4n) is 2.51. The van der Waals surface area contributed by atoms with Crippen LogP contribution in [0.1, 0.15) is 0 Å². The van der Waals surface area contributed by atoms with Gasteiger partial charge in [-0.2, -0.15) is 0 Å². The van der Waals surface area contributed by atoms with Crippen molar-refractivity contribution in [3.8, 4) is 0 Å². The van der Waals surface area contributed by atoms with Gasteiger partial charge in [-0.15, -0.1) is 0 Å². The van der Waals surface area contributed by atoms with Crippen LogP contribution < -0.4 is 10.6 Å². The van der Waals surface area contributed by atoms with E-state index in [0.29, 0.717) is 18.1 Å². The number of benzene rings is 2. The predicted octanol–water partition coefficient (Wildman–Crippen LogP) is 2.86. The molecule has 2 amide bonds. The number of nitrogens with one attached hydrogen (secondary N) is 2. The van der Waals surface area contributed by atoms with Gasteiger partial charge in [0, 0.05) is 27.9 Å². The molecular formula is C18H18ClN3O2S. The second kappa shape index (κ2) is 8.38. The third kappa shape index (κ3) is 5.22. The van der Waals surface area contributed by atoms with Crippen molar-refractivity contribution in [2.45, 2.75) is 9.79 Å². The average molecular weight is 376 g/mol. The lowest BCUT2D eigenvalue weighted by atomic mass is 10.3. The average Bonchev–Trinajstić information content (AvgIpc) is 2.58. The third-order valence-corrected chi connectivity index (χ3v) is 5.02. The van der Waals surface area contributed by atoms with Gasteiger partial charge < -0.3 is 10.6 Å². The van der Waals surface area contributed by atoms with Gasteiger partial charge in [0.1, 0.15) is 0 Å². The highest BCUT2D eigenvalue weighted by molar-refractivity contribution is 7.99. The Bertz CT molecular complexity index is 767. The van der Waals surface area contributed by atoms with Crippen LogP contribution >= 0.6 is 23.4 Å². The van der Waals surface area contributed by atoms with Crippen LogP contribution in [0.3, 0.4) is 0 Å². The Balaban J connectivity index is 1.64. The highest BCUT2D eigenvalue weighted by Gasteiger charge is 2.19. The Morgan fingerprint density at radius 1 is 1.20 bits per heavy atom. The number of amides is 2. The molecule has 2 N–H and O–H groups in total. The standard InChI is InChI=1S/C18H18ClN3O2S/c19-13-5-7-14(8-6-13)25-16-4-2-1-3-15(16)21-18(24)12-22-10-9-20-17(23)11-22/h1-8H,9-12H2,(H,20,23)(H,21,24). The van der Waals surface area contributed by atoms with Crippen molar-refractivity contribution in [1.82, 2.24) is 10.2 Å². The van der Waals surface area contributed by atoms with Crippen LogP contribution in [-0.2, 0) is 9.59 Å². The number of piperazine rings is 1. The predicted molar refractivity (Wildman–Crippen MR) is 100 cm³/mol. The lowest BCUT2D eigenvalue weighted by Gasteiger charge is -2.25. The molecule has 0 saturated carbocycles. The summed E-state index contributed by atoms with van der Waals surface area (Å²) in [6.45, 7) is 1.72. The normalized spacial score (nSPS) is 14.8. The van der Waals surface area contributed by atoms with E-state index in [2.05, 4.69) is 10.6 Å². The van der Waals surface area contributed by atoms with Crippen LogP contribution in [0, 0.1) is 0 Å². The summed E-state index contributed by atoms with van der Waals surface area (Å²) in [5.74, 6) is -0.170. The van der Waals surface area contributed by atoms with Crippen molar-refractivity contribution >= 4 is 40.9 Å². The van der Waals surface area contributed by atoms with Crippen molar-refractivity contribution in [1.29, 1.82) is 0 Å². The van der Waals surface area contributed by atoms with Crippen LogP contribution in [0.5, 0.6) is 0 Å². The molecule has 1 heterocycles. The van der Waals surface area contributed by atoms with Crippen molar-refractivity contribution < 1.29 is 9.59 Å². The summed E-state index contributed by atoms with van der Waals surface area (Å²) in [5.41, 5.74) is 0.758. The van der Waals surface area contributed by atoms with Gasteiger partial charge >= 0.3 is 0 Å². The summed E-state index contributed by atoms with van der Waals surface area (Å²) in [5, 5.41) is 6.39. The molecule has 130 valence electrons. The molecule has 7 heteroatoms. The molecule has 1 saturated heterocycles. The van der Waals surface area contributed by atoms with Crippen molar-refractivity contribution in [2.24, 2.45) is 0 Å². The molecule has 0 radical (unpaired) electrons. The molecule has 2 aromatic rings. The van der Waals surface area contributed by atoms with Gasteiger partial charge in [0.25, 0.3) is 0 Å². The van der Waals surface area contributed by atoms with Gasteiger partial charge in [0.15, 0.2) is 0 Å². The quantitative estimate of drug-likeness (QED) is 0.843. The van der Waals surface area contributed by atoms with E-state index in [1.165, 1.54) is 0 Å². The highest BCUT2D eigenvalue weighted by Crippen LogP contribution is 2.33. The van der Waals surface area contributed by atoms with Crippen molar-refractivity contribution in [3.63, 3.8) is 0 Å². The molecular weight excluding hydrogens is 358 g/mol. The molecule has 0 bridgehead atoms. The van der Waals surface area contributed by atoms with Gasteiger partial charge in [-0.1, -0.05) is 35.5 Å². The molecule has 1 aliphatic rings. The fourth-order valence-corrected chi connectivity index (χ4v) is 3.54. The minimum Gasteiger partial charge on any atom is -0.354 e. The van der Waals surface area contributed by atoms with E-state index in [1.807, 2.05) is 53.4 Å². The van der Waals surface area contributed by atoms with Gasteiger partial charge in [-0.25, -0.2) is 0 Å². The maximum absolute atomic E-state index is 12.3. The molecule has 0 atom stereocenters. The first kappa shape index (κ1) is 17.8. The minimum absolute atomic E-state index is 0.0438. The van der Waals surface area contributed by atoms with Crippen LogP contribution in [0.4, 0.5) is 5.69 Å². The number of halogens is 1. The zero-order valence-electron chi connectivity index (χ0n) is 13.5. The summed E-state index contributed by atoms with van der Waals surface area (Å²) in [6.07, 6.45) is 0. The van der Waals surface area contributed by atoms with E-state index >= 15 is 0 Å². The first-order valence-corrected chi connectivity index (χ1v) is 9.11. The molecule has 2 aromatic carbocycles. The molecule has 0 unspecified atom stereocenters. The summed E-state index contributed by atoms with van der Waals surface area (Å²) >= 11 is 7.48. The number of anilines is 1. The third-order valence-electron chi connectivity index (χ3n) is 3.69. The highest BCUT2D eigenvalue weighted by atomic mass is 35.5. The number of hydrogen-bond acceptors (Lipinski definition) is 4. The van der Waals surface area contributed by atoms with E-state index in [-0.39, 0.29) is 24.9 Å². The monoisotopic (exact) mass is 375 g/mol. The fraction of sp³-hybridized carbons (Fsp3) is 0.222. The first-order valence-electron chi connectivity index (χ1n) is 7.91. The number of carbonyl (C=O) groups excluding carboxylic acids is 2. The Hall–Kier alpha value is -2.02. The molecule has 1 fully saturated rings. The first-order chi connectivity index (χ1) is 12.1. The Morgan fingerprint density at radius 3 is 2.72 bits per heavy atom. The molecule has 5 nitrogen and oxygen atoms in total. The zero-order chi connectivity index (χ0) is 17.6. The van der Waals surface area contributed by atoms with Crippen molar-refractivity contribution in [2.75, 3.05) is 31.5 Å². The summed E-state index contributed by atoms with van der Waals surface area (Å²) in [4.78, 5) is 27.6. The number of para-hydroxylation sites is 1. The molecule has 1 aliphatic heterocycles. The number of rotatable bonds is 5. The van der Waals surface area contributed by atoms with Gasteiger partial charge in [0.05, 0.1) is 18.8 Å². The second-order valence-electron chi connectivity index (χ2n) is 5.66. The number of hydrogen-bond donors (Lipinski definition) is 2. The largest absolute Gasteiger partial charge is 0.354 e. The Labute approximate surface area is 155 Å². The molecule has 3 rings (SSSR count). The molecule has 0 aliphatic carbocycles. The Morgan fingerprint density at radius 2 is 1.96 bits per heavy atom. The van der Waals surface area contributed by atoms with E-state index < -0.39 is 0 Å². The van der Waals surface area contributed by atoms with E-state index in [9.17, 15) is 9.59 Å². The lowest BCUT2D eigenvalue weighted by molar-refractivity contribution is -0.125. The molecule has 0 aromatic heterocycles. The minimum atomic E-state index is -0.126. The van der Waals surface area contributed by atoms with Gasteiger partial charge in [-0.05, 0) is 36.4 Å². The summed E-state index contributed by atoms with van der Waals surface area (Å²) in [7, 11) is 0. The van der Waals surface area contributed by atoms with Crippen LogP contribution in [0.15, 0.2) is 58.3 Å². The van der Waals surface area contributed by atoms with Gasteiger partial charge in [0.2, 0.25) is 11.8 Å². The van der Waals surface area contributed by atoms with Gasteiger partial charge in [-0.3, -0.25) is 14.5 Å². The number of carbonyl (C=O) groups is 2. The molecule has 25 heavy (non-hydrogen) atoms. The topological polar surface area (TPSA) is 61.4 Å². The van der Waals surface area contributed by atoms with Crippen molar-refractivity contribution in [3.05, 3.63) is 53.6 Å². The van der Waals surface area contributed by atoms with Crippen LogP contribution in [0.25, 0.3) is 0 Å². The van der Waals surface area contributed by atoms with E-state index in [1.54, 1.807) is 11.8 Å². The molecule has 0 spiro atoms. The lowest BCUT2D eigenvalue weighted by Crippen LogP contribution is -2.49. The smallest absolute Gasteiger partial charge is 0.238 e. The summed E-state index contributed by atoms with van der Waals surface area (Å²) in [6, 6.07) is 15.2. The number of nitrogens with zero attached hydrogens (tertiary/aromatic N) is 1. The maximum Gasteiger partial charge on any atom is 0.238 e. The van der Waals surface area contributed by atoms with Crippen LogP contribution in [0.2, 0.25) is 5.02 Å². The maximum atomic E-state index is 12.3. The Kier molecular flexibility index (Phi) is 5.96. The zero-order valence-corrected chi connectivity index (χ0v) is 15.1. The van der Waals surface area contributed by atoms with E-state index in [0.717, 1.165) is 15.5 Å². The second-order valence-corrected chi connectivity index (χ2v) is 7.21. The van der Waals surface area contributed by atoms with Crippen LogP contribution in [-0.4, -0.2) is 42.9 Å².